The molecule has 1 amide bonds. The van der Waals surface area contributed by atoms with Crippen LogP contribution in [0, 0.1) is 0 Å². The molecule has 0 spiro atoms. The van der Waals surface area contributed by atoms with Crippen LogP contribution < -0.4 is 11.3 Å². The minimum Gasteiger partial charge on any atom is -0.364 e. The molecule has 0 fully saturated rings. The van der Waals surface area contributed by atoms with Crippen LogP contribution >= 0.6 is 0 Å². The van der Waals surface area contributed by atoms with Crippen LogP contribution in [0.15, 0.2) is 29.1 Å². The number of aryl methyl sites for hydroxylation is 1. The van der Waals surface area contributed by atoms with E-state index in [-0.39, 0.29) is 11.3 Å². The summed E-state index contributed by atoms with van der Waals surface area (Å²) < 4.78 is 1.11. The molecule has 2 N–H and O–H groups in total. The SMILES string of the molecule is Cn1nc(C(N)=O)c2ccccc2c1=O. The van der Waals surface area contributed by atoms with Gasteiger partial charge in [-0.05, 0) is 6.07 Å². The van der Waals surface area contributed by atoms with Gasteiger partial charge in [0.1, 0.15) is 0 Å². The Morgan fingerprint density at radius 2 is 1.93 bits per heavy atom. The molecule has 0 aliphatic rings. The summed E-state index contributed by atoms with van der Waals surface area (Å²) in [7, 11) is 1.49. The highest BCUT2D eigenvalue weighted by atomic mass is 16.1. The van der Waals surface area contributed by atoms with Gasteiger partial charge in [0.2, 0.25) is 0 Å². The van der Waals surface area contributed by atoms with Crippen LogP contribution in [0.2, 0.25) is 0 Å². The Balaban J connectivity index is 3.01. The Kier molecular flexibility index (Phi) is 2.00. The first kappa shape index (κ1) is 9.39. The zero-order valence-electron chi connectivity index (χ0n) is 8.10. The number of hydrogen-bond acceptors (Lipinski definition) is 3. The summed E-state index contributed by atoms with van der Waals surface area (Å²) in [5, 5.41) is 4.77. The molecule has 2 rings (SSSR count). The average Bonchev–Trinajstić information content (AvgIpc) is 2.23. The van der Waals surface area contributed by atoms with E-state index in [4.69, 9.17) is 5.73 Å². The molecule has 0 saturated heterocycles. The number of hydrogen-bond donors (Lipinski definition) is 1. The second kappa shape index (κ2) is 3.20. The van der Waals surface area contributed by atoms with Crippen LogP contribution in [-0.4, -0.2) is 15.7 Å². The molecule has 1 aromatic heterocycles. The van der Waals surface area contributed by atoms with Gasteiger partial charge in [-0.15, -0.1) is 0 Å². The third kappa shape index (κ3) is 1.38. The first-order valence-corrected chi connectivity index (χ1v) is 4.37. The van der Waals surface area contributed by atoms with Crippen LogP contribution in [0.25, 0.3) is 10.8 Å². The highest BCUT2D eigenvalue weighted by Crippen LogP contribution is 2.11. The highest BCUT2D eigenvalue weighted by Gasteiger charge is 2.11. The van der Waals surface area contributed by atoms with E-state index in [1.807, 2.05) is 0 Å². The summed E-state index contributed by atoms with van der Waals surface area (Å²) in [5.41, 5.74) is 5.06. The number of amides is 1. The molecular formula is C10H9N3O2. The van der Waals surface area contributed by atoms with Gasteiger partial charge < -0.3 is 5.73 Å². The monoisotopic (exact) mass is 203 g/mol. The second-order valence-corrected chi connectivity index (χ2v) is 3.19. The lowest BCUT2D eigenvalue weighted by Gasteiger charge is -2.04. The van der Waals surface area contributed by atoms with Crippen molar-refractivity contribution in [1.29, 1.82) is 0 Å². The second-order valence-electron chi connectivity index (χ2n) is 3.19. The van der Waals surface area contributed by atoms with Crippen molar-refractivity contribution in [2.45, 2.75) is 0 Å². The van der Waals surface area contributed by atoms with Crippen LogP contribution in [0.3, 0.4) is 0 Å². The molecule has 5 heteroatoms. The molecule has 1 aromatic carbocycles. The van der Waals surface area contributed by atoms with Gasteiger partial charge in [0.25, 0.3) is 11.5 Å². The maximum atomic E-state index is 11.7. The van der Waals surface area contributed by atoms with Gasteiger partial charge in [0, 0.05) is 12.4 Å². The van der Waals surface area contributed by atoms with E-state index in [9.17, 15) is 9.59 Å². The molecule has 0 atom stereocenters. The molecule has 0 aliphatic heterocycles. The van der Waals surface area contributed by atoms with Crippen molar-refractivity contribution in [3.05, 3.63) is 40.3 Å². The predicted molar refractivity (Wildman–Crippen MR) is 55.5 cm³/mol. The molecule has 1 heterocycles. The van der Waals surface area contributed by atoms with Crippen LogP contribution in [0.4, 0.5) is 0 Å². The van der Waals surface area contributed by atoms with E-state index < -0.39 is 5.91 Å². The van der Waals surface area contributed by atoms with Crippen molar-refractivity contribution in [1.82, 2.24) is 9.78 Å². The lowest BCUT2D eigenvalue weighted by atomic mass is 10.1. The first-order chi connectivity index (χ1) is 7.11. The zero-order valence-corrected chi connectivity index (χ0v) is 8.10. The fourth-order valence-electron chi connectivity index (χ4n) is 1.48. The molecule has 76 valence electrons. The van der Waals surface area contributed by atoms with E-state index in [0.717, 1.165) is 4.68 Å². The van der Waals surface area contributed by atoms with Gasteiger partial charge in [-0.3, -0.25) is 9.59 Å². The van der Waals surface area contributed by atoms with Gasteiger partial charge in [-0.2, -0.15) is 5.10 Å². The number of rotatable bonds is 1. The van der Waals surface area contributed by atoms with E-state index in [2.05, 4.69) is 5.10 Å². The summed E-state index contributed by atoms with van der Waals surface area (Å²) >= 11 is 0. The fourth-order valence-corrected chi connectivity index (χ4v) is 1.48. The van der Waals surface area contributed by atoms with Gasteiger partial charge in [-0.1, -0.05) is 18.2 Å². The van der Waals surface area contributed by atoms with Crippen LogP contribution in [0.1, 0.15) is 10.5 Å². The maximum Gasteiger partial charge on any atom is 0.274 e. The number of primary amides is 1. The lowest BCUT2D eigenvalue weighted by Crippen LogP contribution is -2.25. The van der Waals surface area contributed by atoms with Gasteiger partial charge in [-0.25, -0.2) is 4.68 Å². The quantitative estimate of drug-likeness (QED) is 0.710. The van der Waals surface area contributed by atoms with E-state index in [1.54, 1.807) is 24.3 Å². The molecule has 0 bridgehead atoms. The van der Waals surface area contributed by atoms with Crippen molar-refractivity contribution in [3.63, 3.8) is 0 Å². The number of nitrogens with zero attached hydrogens (tertiary/aromatic N) is 2. The van der Waals surface area contributed by atoms with E-state index in [1.165, 1.54) is 7.05 Å². The van der Waals surface area contributed by atoms with E-state index in [0.29, 0.717) is 10.8 Å². The summed E-state index contributed by atoms with van der Waals surface area (Å²) in [6, 6.07) is 6.76. The summed E-state index contributed by atoms with van der Waals surface area (Å²) in [6.45, 7) is 0. The van der Waals surface area contributed by atoms with Crippen molar-refractivity contribution in [2.75, 3.05) is 0 Å². The normalized spacial score (nSPS) is 10.5. The number of nitrogens with two attached hydrogens (primary N) is 1. The number of carbonyl (C=O) groups excluding carboxylic acids is 1. The van der Waals surface area contributed by atoms with Crippen LogP contribution in [0.5, 0.6) is 0 Å². The molecule has 5 nitrogen and oxygen atoms in total. The Labute approximate surface area is 85.1 Å². The minimum atomic E-state index is -0.637. The lowest BCUT2D eigenvalue weighted by molar-refractivity contribution is 0.0995. The number of carbonyl (C=O) groups is 1. The topological polar surface area (TPSA) is 78.0 Å². The summed E-state index contributed by atoms with van der Waals surface area (Å²) in [5.74, 6) is -0.637. The first-order valence-electron chi connectivity index (χ1n) is 4.37. The van der Waals surface area contributed by atoms with E-state index >= 15 is 0 Å². The molecule has 0 saturated carbocycles. The zero-order chi connectivity index (χ0) is 11.0. The van der Waals surface area contributed by atoms with Gasteiger partial charge in [0.05, 0.1) is 5.39 Å². The van der Waals surface area contributed by atoms with Crippen molar-refractivity contribution in [2.24, 2.45) is 12.8 Å². The standard InChI is InChI=1S/C10H9N3O2/c1-13-10(15)7-5-3-2-4-6(7)8(12-13)9(11)14/h2-5H,1H3,(H2,11,14). The molecule has 0 aliphatic carbocycles. The van der Waals surface area contributed by atoms with Crippen molar-refractivity contribution in [3.8, 4) is 0 Å². The average molecular weight is 203 g/mol. The Hall–Kier alpha value is -2.17. The number of benzene rings is 1. The largest absolute Gasteiger partial charge is 0.364 e. The summed E-state index contributed by atoms with van der Waals surface area (Å²) in [6.07, 6.45) is 0. The van der Waals surface area contributed by atoms with Crippen molar-refractivity contribution >= 4 is 16.7 Å². The predicted octanol–water partition coefficient (Wildman–Crippen LogP) is 0.0324. The Morgan fingerprint density at radius 3 is 2.53 bits per heavy atom. The third-order valence-electron chi connectivity index (χ3n) is 2.19. The Bertz CT molecular complexity index is 601. The number of aromatic nitrogens is 2. The van der Waals surface area contributed by atoms with Gasteiger partial charge >= 0.3 is 0 Å². The molecular weight excluding hydrogens is 194 g/mol. The molecule has 0 unspecified atom stereocenters. The minimum absolute atomic E-state index is 0.118. The third-order valence-corrected chi connectivity index (χ3v) is 2.19. The Morgan fingerprint density at radius 1 is 1.33 bits per heavy atom. The molecule has 0 radical (unpaired) electrons. The van der Waals surface area contributed by atoms with Crippen molar-refractivity contribution < 1.29 is 4.79 Å². The smallest absolute Gasteiger partial charge is 0.274 e. The highest BCUT2D eigenvalue weighted by molar-refractivity contribution is 6.03. The molecule has 2 aromatic rings. The van der Waals surface area contributed by atoms with Gasteiger partial charge in [0.15, 0.2) is 5.69 Å². The summed E-state index contributed by atoms with van der Waals surface area (Å²) in [4.78, 5) is 22.8. The maximum absolute atomic E-state index is 11.7. The number of fused-ring (bicyclic) bond motifs is 1. The molecule has 15 heavy (non-hydrogen) atoms. The fraction of sp³-hybridized carbons (Fsp3) is 0.100. The van der Waals surface area contributed by atoms with Crippen LogP contribution in [-0.2, 0) is 7.05 Å².